The molecule has 1 saturated heterocycles. The van der Waals surface area contributed by atoms with Crippen molar-refractivity contribution >= 4 is 24.1 Å². The second-order valence-electron chi connectivity index (χ2n) is 9.53. The van der Waals surface area contributed by atoms with Gasteiger partial charge in [0, 0.05) is 46.3 Å². The Labute approximate surface area is 256 Å². The van der Waals surface area contributed by atoms with Crippen LogP contribution in [0, 0.1) is 17.3 Å². The van der Waals surface area contributed by atoms with E-state index in [4.69, 9.17) is 10.2 Å². The number of aromatic nitrogens is 2. The maximum absolute atomic E-state index is 14.1. The molecule has 0 aliphatic carbocycles. The molecule has 0 bridgehead atoms. The lowest BCUT2D eigenvalue weighted by atomic mass is 9.96. The summed E-state index contributed by atoms with van der Waals surface area (Å²) < 4.78 is 42.3. The summed E-state index contributed by atoms with van der Waals surface area (Å²) in [6, 6.07) is 8.81. The number of benzene rings is 2. The monoisotopic (exact) mass is 612 g/mol. The highest BCUT2D eigenvalue weighted by atomic mass is 19.4. The number of nitrogens with two attached hydrogens (primary N) is 1. The molecule has 0 saturated carbocycles. The first-order valence-corrected chi connectivity index (χ1v) is 13.8. The molecule has 44 heavy (non-hydrogen) atoms. The van der Waals surface area contributed by atoms with E-state index in [0.29, 0.717) is 48.0 Å². The first-order valence-electron chi connectivity index (χ1n) is 13.8. The fraction of sp³-hybridized carbons (Fsp3) is 0.355. The van der Waals surface area contributed by atoms with Crippen LogP contribution in [0.4, 0.5) is 24.8 Å². The van der Waals surface area contributed by atoms with E-state index in [9.17, 15) is 18.3 Å². The van der Waals surface area contributed by atoms with Gasteiger partial charge in [-0.25, -0.2) is 9.97 Å². The third kappa shape index (κ3) is 9.24. The van der Waals surface area contributed by atoms with E-state index in [-0.39, 0.29) is 29.1 Å². The van der Waals surface area contributed by atoms with E-state index < -0.39 is 11.7 Å². The number of nitrogens with one attached hydrogen (secondary N) is 3. The summed E-state index contributed by atoms with van der Waals surface area (Å²) in [7, 11) is 5.17. The Morgan fingerprint density at radius 3 is 2.30 bits per heavy atom. The average Bonchev–Trinajstić information content (AvgIpc) is 3.03. The minimum atomic E-state index is -4.51. The predicted octanol–water partition coefficient (Wildman–Crippen LogP) is 3.90. The zero-order chi connectivity index (χ0) is 32.9. The van der Waals surface area contributed by atoms with Crippen molar-refractivity contribution in [2.24, 2.45) is 5.73 Å². The van der Waals surface area contributed by atoms with Gasteiger partial charge < -0.3 is 31.2 Å². The van der Waals surface area contributed by atoms with Crippen LogP contribution in [0.3, 0.4) is 0 Å². The van der Waals surface area contributed by atoms with Crippen LogP contribution in [0.1, 0.15) is 29.2 Å². The average molecular weight is 613 g/mol. The second-order valence-corrected chi connectivity index (χ2v) is 9.53. The van der Waals surface area contributed by atoms with E-state index in [1.165, 1.54) is 31.6 Å². The Morgan fingerprint density at radius 2 is 1.68 bits per heavy atom. The first kappa shape index (κ1) is 35.7. The number of anilines is 2. The molecule has 0 radical (unpaired) electrons. The summed E-state index contributed by atoms with van der Waals surface area (Å²) in [6.45, 7) is 7.76. The molecule has 4 rings (SSSR count). The number of carbonyl (C=O) groups excluding carboxylic acids is 1. The van der Waals surface area contributed by atoms with Crippen LogP contribution in [0.25, 0.3) is 11.1 Å². The summed E-state index contributed by atoms with van der Waals surface area (Å²) in [5.74, 6) is 6.23. The molecule has 1 aromatic heterocycles. The summed E-state index contributed by atoms with van der Waals surface area (Å²) >= 11 is 0. The summed E-state index contributed by atoms with van der Waals surface area (Å²) in [5.41, 5.74) is 5.36. The van der Waals surface area contributed by atoms with Gasteiger partial charge >= 0.3 is 6.18 Å². The van der Waals surface area contributed by atoms with Gasteiger partial charge in [-0.15, -0.1) is 0 Å². The molecule has 1 aliphatic heterocycles. The van der Waals surface area contributed by atoms with Gasteiger partial charge in [0.25, 0.3) is 0 Å². The van der Waals surface area contributed by atoms with Gasteiger partial charge in [0.15, 0.2) is 0 Å². The smallest absolute Gasteiger partial charge is 0.416 e. The van der Waals surface area contributed by atoms with Crippen LogP contribution in [0.5, 0.6) is 5.75 Å². The van der Waals surface area contributed by atoms with Crippen molar-refractivity contribution in [2.45, 2.75) is 19.6 Å². The zero-order valence-electron chi connectivity index (χ0n) is 25.3. The van der Waals surface area contributed by atoms with Crippen molar-refractivity contribution < 1.29 is 23.1 Å². The maximum atomic E-state index is 14.1. The Kier molecular flexibility index (Phi) is 13.7. The third-order valence-corrected chi connectivity index (χ3v) is 6.74. The topological polar surface area (TPSA) is 143 Å². The molecule has 6 N–H and O–H groups in total. The quantitative estimate of drug-likeness (QED) is 0.198. The second kappa shape index (κ2) is 17.0. The largest absolute Gasteiger partial charge is 0.507 e. The molecule has 3 aromatic rings. The summed E-state index contributed by atoms with van der Waals surface area (Å²) in [6.07, 6.45) is -3.14. The van der Waals surface area contributed by atoms with Gasteiger partial charge in [0.2, 0.25) is 0 Å². The van der Waals surface area contributed by atoms with Crippen molar-refractivity contribution in [2.75, 3.05) is 64.5 Å². The van der Waals surface area contributed by atoms with Crippen LogP contribution < -0.4 is 16.4 Å². The highest BCUT2D eigenvalue weighted by Gasteiger charge is 2.34. The first-order chi connectivity index (χ1) is 21.1. The number of rotatable bonds is 7. The van der Waals surface area contributed by atoms with Crippen LogP contribution in [0.2, 0.25) is 0 Å². The van der Waals surface area contributed by atoms with Gasteiger partial charge in [-0.3, -0.25) is 10.3 Å². The Balaban J connectivity index is 0.00000162. The van der Waals surface area contributed by atoms with Crippen LogP contribution in [0.15, 0.2) is 42.7 Å². The minimum absolute atomic E-state index is 0.0849. The fourth-order valence-electron chi connectivity index (χ4n) is 4.53. The molecule has 1 aliphatic rings. The molecule has 2 heterocycles. The van der Waals surface area contributed by atoms with Crippen LogP contribution in [-0.4, -0.2) is 91.2 Å². The number of likely N-dealkylation sites (N-methyl/N-ethyl adjacent to an activating group) is 1. The van der Waals surface area contributed by atoms with Gasteiger partial charge in [-0.1, -0.05) is 24.1 Å². The zero-order valence-corrected chi connectivity index (χ0v) is 25.3. The molecular weight excluding hydrogens is 573 g/mol. The standard InChI is InChI=1S/C29H32F3N7O.CH5N.CH2O/c1-4-35-28-26(27(34-2)36-18-37-28)24(33)9-7-21-15-19(8-10-25(21)40)20-5-6-22(23(16-20)29(30,31)32)17-39-13-11-38(3)12-14-39;2*1-2/h5-6,8,10,15-16,18,33,40H,4,11-14,17H2,1-3H3,(H2,34,35,36,37);2H2,1H3;1H2. The van der Waals surface area contributed by atoms with Crippen LogP contribution in [-0.2, 0) is 17.5 Å². The highest BCUT2D eigenvalue weighted by molar-refractivity contribution is 6.16. The number of hydrogen-bond donors (Lipinski definition) is 5. The van der Waals surface area contributed by atoms with Gasteiger partial charge in [-0.05, 0) is 61.8 Å². The van der Waals surface area contributed by atoms with Crippen molar-refractivity contribution in [1.29, 1.82) is 5.41 Å². The lowest BCUT2D eigenvalue weighted by Gasteiger charge is -2.33. The molecule has 0 spiro atoms. The lowest BCUT2D eigenvalue weighted by Crippen LogP contribution is -2.44. The normalized spacial score (nSPS) is 13.3. The van der Waals surface area contributed by atoms with Gasteiger partial charge in [0.1, 0.15) is 36.2 Å². The number of phenols is 1. The minimum Gasteiger partial charge on any atom is -0.507 e. The van der Waals surface area contributed by atoms with Crippen molar-refractivity contribution in [3.8, 4) is 28.7 Å². The van der Waals surface area contributed by atoms with E-state index in [2.05, 4.69) is 43.1 Å². The third-order valence-electron chi connectivity index (χ3n) is 6.74. The van der Waals surface area contributed by atoms with E-state index in [1.54, 1.807) is 19.2 Å². The molecule has 0 atom stereocenters. The maximum Gasteiger partial charge on any atom is 0.416 e. The number of hydrogen-bond acceptors (Lipinski definition) is 10. The number of aromatic hydroxyl groups is 1. The molecule has 2 aromatic carbocycles. The fourth-order valence-corrected chi connectivity index (χ4v) is 4.53. The summed E-state index contributed by atoms with van der Waals surface area (Å²) in [4.78, 5) is 20.5. The van der Waals surface area contributed by atoms with Crippen molar-refractivity contribution in [3.05, 3.63) is 65.0 Å². The molecular formula is C31H39F3N8O2. The Bertz CT molecular complexity index is 1460. The van der Waals surface area contributed by atoms with Crippen molar-refractivity contribution in [1.82, 2.24) is 19.8 Å². The number of carbonyl (C=O) groups is 1. The SMILES string of the molecule is C=O.CCNc1ncnc(NC)c1C(=N)C#Cc1cc(-c2ccc(CN3CCN(C)CC3)c(C(F)(F)F)c2)ccc1O.CN. The van der Waals surface area contributed by atoms with E-state index in [1.807, 2.05) is 25.7 Å². The summed E-state index contributed by atoms with van der Waals surface area (Å²) in [5, 5.41) is 24.9. The highest BCUT2D eigenvalue weighted by Crippen LogP contribution is 2.36. The van der Waals surface area contributed by atoms with Crippen molar-refractivity contribution in [3.63, 3.8) is 0 Å². The van der Waals surface area contributed by atoms with Gasteiger partial charge in [0.05, 0.1) is 16.7 Å². The van der Waals surface area contributed by atoms with E-state index in [0.717, 1.165) is 19.2 Å². The Hall–Kier alpha value is -4.51. The Morgan fingerprint density at radius 1 is 1.07 bits per heavy atom. The number of halogens is 3. The lowest BCUT2D eigenvalue weighted by molar-refractivity contribution is -0.138. The molecule has 10 nitrogen and oxygen atoms in total. The molecule has 236 valence electrons. The molecule has 0 unspecified atom stereocenters. The number of phenolic OH excluding ortho intramolecular Hbond substituents is 1. The molecule has 1 fully saturated rings. The van der Waals surface area contributed by atoms with Gasteiger partial charge in [-0.2, -0.15) is 13.2 Å². The number of nitrogens with zero attached hydrogens (tertiary/aromatic N) is 4. The predicted molar refractivity (Wildman–Crippen MR) is 168 cm³/mol. The molecule has 0 amide bonds. The molecule has 13 heteroatoms. The van der Waals surface area contributed by atoms with E-state index >= 15 is 0 Å². The van der Waals surface area contributed by atoms with Crippen LogP contribution >= 0.6 is 0 Å². The number of alkyl halides is 3. The number of piperazine rings is 1.